The van der Waals surface area contributed by atoms with Crippen LogP contribution in [-0.4, -0.2) is 19.7 Å². The summed E-state index contributed by atoms with van der Waals surface area (Å²) in [6.07, 6.45) is 1.70. The summed E-state index contributed by atoms with van der Waals surface area (Å²) >= 11 is 6.10. The van der Waals surface area contributed by atoms with E-state index >= 15 is 0 Å². The number of nitrogens with zero attached hydrogens (tertiary/aromatic N) is 4. The van der Waals surface area contributed by atoms with Gasteiger partial charge in [0.1, 0.15) is 5.75 Å². The molecule has 0 fully saturated rings. The molecule has 2 heterocycles. The molecule has 0 amide bonds. The number of halogens is 1. The predicted molar refractivity (Wildman–Crippen MR) is 69.8 cm³/mol. The summed E-state index contributed by atoms with van der Waals surface area (Å²) in [6, 6.07) is 9.96. The van der Waals surface area contributed by atoms with Gasteiger partial charge in [0.15, 0.2) is 11.5 Å². The molecule has 3 aromatic rings. The SMILES string of the molecule is N#Cc1ccn2c(-c3cc(O)ccc3Cl)nnc2c1. The maximum absolute atomic E-state index is 9.53. The van der Waals surface area contributed by atoms with Crippen LogP contribution in [0.1, 0.15) is 5.56 Å². The minimum Gasteiger partial charge on any atom is -0.508 e. The van der Waals surface area contributed by atoms with Crippen molar-refractivity contribution in [3.8, 4) is 23.2 Å². The van der Waals surface area contributed by atoms with Crippen LogP contribution in [0.15, 0.2) is 36.5 Å². The molecule has 0 aliphatic heterocycles. The van der Waals surface area contributed by atoms with Gasteiger partial charge >= 0.3 is 0 Å². The Bertz CT molecular complexity index is 819. The predicted octanol–water partition coefficient (Wildman–Crippen LogP) is 2.63. The van der Waals surface area contributed by atoms with E-state index in [0.717, 1.165) is 0 Å². The number of nitriles is 1. The van der Waals surface area contributed by atoms with Gasteiger partial charge in [-0.2, -0.15) is 5.26 Å². The molecule has 19 heavy (non-hydrogen) atoms. The van der Waals surface area contributed by atoms with Gasteiger partial charge in [0.25, 0.3) is 0 Å². The number of hydrogen-bond acceptors (Lipinski definition) is 4. The summed E-state index contributed by atoms with van der Waals surface area (Å²) in [5.41, 5.74) is 1.64. The molecule has 92 valence electrons. The van der Waals surface area contributed by atoms with Gasteiger partial charge in [-0.05, 0) is 24.3 Å². The maximum Gasteiger partial charge on any atom is 0.169 e. The van der Waals surface area contributed by atoms with Crippen molar-refractivity contribution >= 4 is 17.2 Å². The van der Waals surface area contributed by atoms with E-state index < -0.39 is 0 Å². The van der Waals surface area contributed by atoms with E-state index in [2.05, 4.69) is 10.2 Å². The van der Waals surface area contributed by atoms with Gasteiger partial charge in [-0.3, -0.25) is 4.40 Å². The molecule has 2 aromatic heterocycles. The van der Waals surface area contributed by atoms with E-state index in [1.54, 1.807) is 28.8 Å². The summed E-state index contributed by atoms with van der Waals surface area (Å²) in [5.74, 6) is 0.616. The first kappa shape index (κ1) is 11.5. The number of rotatable bonds is 1. The van der Waals surface area contributed by atoms with Crippen LogP contribution < -0.4 is 0 Å². The van der Waals surface area contributed by atoms with Crippen molar-refractivity contribution in [3.63, 3.8) is 0 Å². The van der Waals surface area contributed by atoms with Crippen LogP contribution in [0.2, 0.25) is 5.02 Å². The lowest BCUT2D eigenvalue weighted by atomic mass is 10.2. The Labute approximate surface area is 113 Å². The Morgan fingerprint density at radius 3 is 2.84 bits per heavy atom. The molecule has 0 spiro atoms. The Balaban J connectivity index is 2.26. The molecule has 3 rings (SSSR count). The third kappa shape index (κ3) is 1.88. The Kier molecular flexibility index (Phi) is 2.58. The second-order valence-electron chi connectivity index (χ2n) is 3.94. The molecule has 0 saturated carbocycles. The van der Waals surface area contributed by atoms with Crippen molar-refractivity contribution in [1.82, 2.24) is 14.6 Å². The average molecular weight is 271 g/mol. The number of fused-ring (bicyclic) bond motifs is 1. The lowest BCUT2D eigenvalue weighted by Crippen LogP contribution is -1.90. The Morgan fingerprint density at radius 2 is 2.05 bits per heavy atom. The highest BCUT2D eigenvalue weighted by Crippen LogP contribution is 2.30. The van der Waals surface area contributed by atoms with Crippen LogP contribution in [0, 0.1) is 11.3 Å². The largest absolute Gasteiger partial charge is 0.508 e. The molecule has 0 aliphatic carbocycles. The van der Waals surface area contributed by atoms with E-state index in [1.807, 2.05) is 6.07 Å². The molecule has 1 N–H and O–H groups in total. The molecule has 5 nitrogen and oxygen atoms in total. The topological polar surface area (TPSA) is 74.2 Å². The van der Waals surface area contributed by atoms with Crippen LogP contribution in [0.25, 0.3) is 17.0 Å². The quantitative estimate of drug-likeness (QED) is 0.738. The van der Waals surface area contributed by atoms with Gasteiger partial charge in [0.2, 0.25) is 0 Å². The first-order chi connectivity index (χ1) is 9.19. The molecular formula is C13H7ClN4O. The fraction of sp³-hybridized carbons (Fsp3) is 0. The normalized spacial score (nSPS) is 10.5. The number of aromatic hydroxyl groups is 1. The fourth-order valence-corrected chi connectivity index (χ4v) is 2.03. The lowest BCUT2D eigenvalue weighted by molar-refractivity contribution is 0.475. The summed E-state index contributed by atoms with van der Waals surface area (Å²) in [6.45, 7) is 0. The van der Waals surface area contributed by atoms with E-state index in [-0.39, 0.29) is 5.75 Å². The second kappa shape index (κ2) is 4.26. The van der Waals surface area contributed by atoms with Gasteiger partial charge in [-0.1, -0.05) is 11.6 Å². The minimum absolute atomic E-state index is 0.102. The van der Waals surface area contributed by atoms with E-state index in [0.29, 0.717) is 27.6 Å². The van der Waals surface area contributed by atoms with Gasteiger partial charge in [0, 0.05) is 17.8 Å². The fourth-order valence-electron chi connectivity index (χ4n) is 1.83. The number of hydrogen-bond donors (Lipinski definition) is 1. The highest BCUT2D eigenvalue weighted by Gasteiger charge is 2.12. The smallest absolute Gasteiger partial charge is 0.169 e. The Morgan fingerprint density at radius 1 is 1.21 bits per heavy atom. The molecule has 0 unspecified atom stereocenters. The molecule has 0 aliphatic rings. The standard InChI is InChI=1S/C13H7ClN4O/c14-11-2-1-9(19)6-10(11)13-17-16-12-5-8(7-15)3-4-18(12)13/h1-6,19H. The van der Waals surface area contributed by atoms with Gasteiger partial charge in [0.05, 0.1) is 16.7 Å². The molecule has 6 heteroatoms. The van der Waals surface area contributed by atoms with Crippen molar-refractivity contribution in [3.05, 3.63) is 47.1 Å². The third-order valence-electron chi connectivity index (χ3n) is 2.73. The zero-order valence-corrected chi connectivity index (χ0v) is 10.3. The second-order valence-corrected chi connectivity index (χ2v) is 4.35. The monoisotopic (exact) mass is 270 g/mol. The van der Waals surface area contributed by atoms with E-state index in [9.17, 15) is 5.11 Å². The van der Waals surface area contributed by atoms with Crippen molar-refractivity contribution in [2.24, 2.45) is 0 Å². The molecule has 0 bridgehead atoms. The summed E-state index contributed by atoms with van der Waals surface area (Å²) in [5, 5.41) is 26.9. The van der Waals surface area contributed by atoms with Gasteiger partial charge < -0.3 is 5.11 Å². The van der Waals surface area contributed by atoms with Crippen LogP contribution in [-0.2, 0) is 0 Å². The highest BCUT2D eigenvalue weighted by molar-refractivity contribution is 6.33. The molecule has 1 aromatic carbocycles. The first-order valence-electron chi connectivity index (χ1n) is 5.43. The van der Waals surface area contributed by atoms with E-state index in [4.69, 9.17) is 16.9 Å². The van der Waals surface area contributed by atoms with E-state index in [1.165, 1.54) is 12.1 Å². The third-order valence-corrected chi connectivity index (χ3v) is 3.06. The lowest BCUT2D eigenvalue weighted by Gasteiger charge is -2.03. The maximum atomic E-state index is 9.53. The molecule has 0 radical (unpaired) electrons. The van der Waals surface area contributed by atoms with Crippen LogP contribution in [0.3, 0.4) is 0 Å². The molecule has 0 atom stereocenters. The number of phenolic OH excluding ortho intramolecular Hbond substituents is 1. The number of aromatic nitrogens is 3. The van der Waals surface area contributed by atoms with Crippen LogP contribution >= 0.6 is 11.6 Å². The van der Waals surface area contributed by atoms with Crippen molar-refractivity contribution in [2.75, 3.05) is 0 Å². The van der Waals surface area contributed by atoms with Crippen LogP contribution in [0.5, 0.6) is 5.75 Å². The van der Waals surface area contributed by atoms with Crippen molar-refractivity contribution in [2.45, 2.75) is 0 Å². The first-order valence-corrected chi connectivity index (χ1v) is 5.80. The zero-order chi connectivity index (χ0) is 13.4. The van der Waals surface area contributed by atoms with Crippen LogP contribution in [0.4, 0.5) is 0 Å². The van der Waals surface area contributed by atoms with Crippen molar-refractivity contribution in [1.29, 1.82) is 5.26 Å². The zero-order valence-electron chi connectivity index (χ0n) is 9.58. The number of pyridine rings is 1. The summed E-state index contributed by atoms with van der Waals surface area (Å²) in [4.78, 5) is 0. The van der Waals surface area contributed by atoms with Gasteiger partial charge in [-0.25, -0.2) is 0 Å². The summed E-state index contributed by atoms with van der Waals surface area (Å²) < 4.78 is 1.71. The van der Waals surface area contributed by atoms with Gasteiger partial charge in [-0.15, -0.1) is 10.2 Å². The van der Waals surface area contributed by atoms with Crippen molar-refractivity contribution < 1.29 is 5.11 Å². The summed E-state index contributed by atoms with van der Waals surface area (Å²) in [7, 11) is 0. The average Bonchev–Trinajstić information content (AvgIpc) is 2.84. The highest BCUT2D eigenvalue weighted by atomic mass is 35.5. The Hall–Kier alpha value is -2.58. The number of phenols is 1. The minimum atomic E-state index is 0.102. The molecule has 0 saturated heterocycles. The number of benzene rings is 1. The molecular weight excluding hydrogens is 264 g/mol.